The van der Waals surface area contributed by atoms with Crippen molar-refractivity contribution in [3.05, 3.63) is 28.0 Å². The van der Waals surface area contributed by atoms with Crippen LogP contribution in [0.3, 0.4) is 0 Å². The minimum absolute atomic E-state index is 0.212. The van der Waals surface area contributed by atoms with Crippen molar-refractivity contribution < 1.29 is 4.39 Å². The molecule has 0 aliphatic carbocycles. The summed E-state index contributed by atoms with van der Waals surface area (Å²) in [6, 6.07) is 0. The molecule has 0 fully saturated rings. The molecule has 0 amide bonds. The normalized spacial score (nSPS) is 12.9. The molecule has 1 unspecified atom stereocenters. The van der Waals surface area contributed by atoms with E-state index in [2.05, 4.69) is 4.98 Å². The Morgan fingerprint density at radius 2 is 1.92 bits per heavy atom. The largest absolute Gasteiger partial charge is 0.330 e. The van der Waals surface area contributed by atoms with Gasteiger partial charge < -0.3 is 5.73 Å². The molecule has 0 saturated heterocycles. The minimum Gasteiger partial charge on any atom is -0.330 e. The van der Waals surface area contributed by atoms with Gasteiger partial charge in [0.15, 0.2) is 0 Å². The van der Waals surface area contributed by atoms with Crippen molar-refractivity contribution in [2.75, 3.05) is 6.54 Å². The Morgan fingerprint density at radius 3 is 2.38 bits per heavy atom. The molecule has 0 spiro atoms. The Balaban J connectivity index is 2.98. The van der Waals surface area contributed by atoms with Gasteiger partial charge in [-0.05, 0) is 13.0 Å². The number of nitrogens with two attached hydrogens (primary N) is 1. The average molecular weight is 223 g/mol. The second kappa shape index (κ2) is 4.74. The number of pyridine rings is 1. The highest BCUT2D eigenvalue weighted by molar-refractivity contribution is 6.35. The monoisotopic (exact) mass is 222 g/mol. The lowest BCUT2D eigenvalue weighted by molar-refractivity contribution is 0.328. The number of hydrogen-bond donors (Lipinski definition) is 1. The van der Waals surface area contributed by atoms with E-state index in [4.69, 9.17) is 28.9 Å². The highest BCUT2D eigenvalue weighted by atomic mass is 35.5. The molecule has 1 aromatic heterocycles. The van der Waals surface area contributed by atoms with Crippen molar-refractivity contribution in [3.8, 4) is 0 Å². The van der Waals surface area contributed by atoms with Crippen molar-refractivity contribution in [1.29, 1.82) is 0 Å². The van der Waals surface area contributed by atoms with Gasteiger partial charge in [-0.3, -0.25) is 4.98 Å². The molecule has 1 aromatic rings. The molecule has 2 nitrogen and oxygen atoms in total. The third kappa shape index (κ3) is 2.53. The van der Waals surface area contributed by atoms with E-state index < -0.39 is 6.17 Å². The van der Waals surface area contributed by atoms with E-state index in [0.717, 1.165) is 0 Å². The first kappa shape index (κ1) is 10.7. The first-order chi connectivity index (χ1) is 6.16. The van der Waals surface area contributed by atoms with E-state index in [1.54, 1.807) is 0 Å². The number of halogens is 3. The number of rotatable bonds is 3. The van der Waals surface area contributed by atoms with E-state index in [0.29, 0.717) is 0 Å². The van der Waals surface area contributed by atoms with Crippen LogP contribution in [0.25, 0.3) is 0 Å². The molecule has 13 heavy (non-hydrogen) atoms. The maximum absolute atomic E-state index is 13.4. The van der Waals surface area contributed by atoms with E-state index in [1.807, 2.05) is 0 Å². The van der Waals surface area contributed by atoms with Crippen LogP contribution in [0.2, 0.25) is 10.0 Å². The van der Waals surface area contributed by atoms with Crippen LogP contribution in [0.1, 0.15) is 18.2 Å². The number of hydrogen-bond acceptors (Lipinski definition) is 2. The molecular formula is C8H9Cl2FN2. The Bertz CT molecular complexity index is 273. The molecule has 0 radical (unpaired) electrons. The number of aromatic nitrogens is 1. The molecule has 1 heterocycles. The number of alkyl halides is 1. The Labute approximate surface area is 85.9 Å². The van der Waals surface area contributed by atoms with Crippen molar-refractivity contribution in [2.24, 2.45) is 5.73 Å². The zero-order valence-corrected chi connectivity index (χ0v) is 8.32. The van der Waals surface area contributed by atoms with Gasteiger partial charge in [0, 0.05) is 18.0 Å². The third-order valence-electron chi connectivity index (χ3n) is 1.62. The van der Waals surface area contributed by atoms with Crippen LogP contribution in [0.5, 0.6) is 0 Å². The molecule has 0 aliphatic rings. The smallest absolute Gasteiger partial charge is 0.129 e. The molecule has 5 heteroatoms. The van der Waals surface area contributed by atoms with Crippen molar-refractivity contribution in [3.63, 3.8) is 0 Å². The van der Waals surface area contributed by atoms with Crippen LogP contribution in [0.4, 0.5) is 4.39 Å². The minimum atomic E-state index is -1.21. The lowest BCUT2D eigenvalue weighted by Crippen LogP contribution is -2.04. The summed E-state index contributed by atoms with van der Waals surface area (Å²) in [5.74, 6) is 0. The highest BCUT2D eigenvalue weighted by Crippen LogP contribution is 2.32. The van der Waals surface area contributed by atoms with Crippen molar-refractivity contribution >= 4 is 23.2 Å². The van der Waals surface area contributed by atoms with E-state index in [1.165, 1.54) is 12.4 Å². The second-order valence-corrected chi connectivity index (χ2v) is 3.38. The first-order valence-corrected chi connectivity index (χ1v) is 4.55. The molecule has 0 bridgehead atoms. The average Bonchev–Trinajstić information content (AvgIpc) is 2.04. The fourth-order valence-corrected chi connectivity index (χ4v) is 1.61. The van der Waals surface area contributed by atoms with Crippen molar-refractivity contribution in [2.45, 2.75) is 12.6 Å². The van der Waals surface area contributed by atoms with E-state index in [-0.39, 0.29) is 28.6 Å². The predicted octanol–water partition coefficient (Wildman–Crippen LogP) is 2.75. The van der Waals surface area contributed by atoms with Crippen LogP contribution in [-0.2, 0) is 0 Å². The zero-order chi connectivity index (χ0) is 9.84. The molecule has 72 valence electrons. The first-order valence-electron chi connectivity index (χ1n) is 3.80. The second-order valence-electron chi connectivity index (χ2n) is 2.56. The van der Waals surface area contributed by atoms with Crippen LogP contribution in [-0.4, -0.2) is 11.5 Å². The maximum atomic E-state index is 13.4. The van der Waals surface area contributed by atoms with Gasteiger partial charge in [0.25, 0.3) is 0 Å². The van der Waals surface area contributed by atoms with Gasteiger partial charge in [-0.1, -0.05) is 23.2 Å². The fourth-order valence-electron chi connectivity index (χ4n) is 1.01. The van der Waals surface area contributed by atoms with Crippen LogP contribution in [0, 0.1) is 0 Å². The van der Waals surface area contributed by atoms with Gasteiger partial charge in [-0.25, -0.2) is 4.39 Å². The predicted molar refractivity (Wildman–Crippen MR) is 51.8 cm³/mol. The molecular weight excluding hydrogens is 214 g/mol. The van der Waals surface area contributed by atoms with Crippen LogP contribution in [0.15, 0.2) is 12.4 Å². The lowest BCUT2D eigenvalue weighted by Gasteiger charge is -2.10. The lowest BCUT2D eigenvalue weighted by atomic mass is 10.1. The summed E-state index contributed by atoms with van der Waals surface area (Å²) in [4.78, 5) is 3.73. The summed E-state index contributed by atoms with van der Waals surface area (Å²) >= 11 is 11.5. The fraction of sp³-hybridized carbons (Fsp3) is 0.375. The summed E-state index contributed by atoms with van der Waals surface area (Å²) in [6.45, 7) is 0.260. The van der Waals surface area contributed by atoms with Gasteiger partial charge in [0.1, 0.15) is 6.17 Å². The molecule has 2 N–H and O–H groups in total. The Morgan fingerprint density at radius 1 is 1.38 bits per heavy atom. The molecule has 0 saturated carbocycles. The van der Waals surface area contributed by atoms with E-state index in [9.17, 15) is 4.39 Å². The molecule has 1 atom stereocenters. The summed E-state index contributed by atoms with van der Waals surface area (Å²) < 4.78 is 13.4. The summed E-state index contributed by atoms with van der Waals surface area (Å²) in [5.41, 5.74) is 5.51. The number of nitrogens with zero attached hydrogens (tertiary/aromatic N) is 1. The van der Waals surface area contributed by atoms with Gasteiger partial charge in [0.05, 0.1) is 10.0 Å². The summed E-state index contributed by atoms with van der Waals surface area (Å²) in [6.07, 6.45) is 1.73. The van der Waals surface area contributed by atoms with E-state index >= 15 is 0 Å². The Hall–Kier alpha value is -0.380. The maximum Gasteiger partial charge on any atom is 0.129 e. The summed E-state index contributed by atoms with van der Waals surface area (Å²) in [7, 11) is 0. The third-order valence-corrected chi connectivity index (χ3v) is 2.23. The van der Waals surface area contributed by atoms with Gasteiger partial charge >= 0.3 is 0 Å². The van der Waals surface area contributed by atoms with Crippen LogP contribution < -0.4 is 5.73 Å². The topological polar surface area (TPSA) is 38.9 Å². The standard InChI is InChI=1S/C8H9Cl2FN2/c9-5-3-13-4-6(10)8(5)7(11)1-2-12/h3-4,7H,1-2,12H2. The van der Waals surface area contributed by atoms with Crippen LogP contribution >= 0.6 is 23.2 Å². The molecule has 0 aliphatic heterocycles. The molecule has 0 aromatic carbocycles. The Kier molecular flexibility index (Phi) is 3.90. The highest BCUT2D eigenvalue weighted by Gasteiger charge is 2.16. The SMILES string of the molecule is NCCC(F)c1c(Cl)cncc1Cl. The van der Waals surface area contributed by atoms with Crippen molar-refractivity contribution in [1.82, 2.24) is 4.98 Å². The molecule has 1 rings (SSSR count). The van der Waals surface area contributed by atoms with Gasteiger partial charge in [-0.15, -0.1) is 0 Å². The summed E-state index contributed by atoms with van der Waals surface area (Å²) in [5, 5.41) is 0.488. The quantitative estimate of drug-likeness (QED) is 0.855. The zero-order valence-electron chi connectivity index (χ0n) is 6.80. The van der Waals surface area contributed by atoms with Gasteiger partial charge in [0.2, 0.25) is 0 Å². The van der Waals surface area contributed by atoms with Gasteiger partial charge in [-0.2, -0.15) is 0 Å².